The van der Waals surface area contributed by atoms with E-state index in [0.29, 0.717) is 12.8 Å². The highest BCUT2D eigenvalue weighted by Crippen LogP contribution is 2.27. The van der Waals surface area contributed by atoms with Gasteiger partial charge in [0.2, 0.25) is 5.91 Å². The van der Waals surface area contributed by atoms with E-state index in [4.69, 9.17) is 0 Å². The Bertz CT molecular complexity index is 344. The molecule has 0 N–H and O–H groups in total. The van der Waals surface area contributed by atoms with Crippen LogP contribution in [-0.4, -0.2) is 29.9 Å². The summed E-state index contributed by atoms with van der Waals surface area (Å²) in [5, 5.41) is 11.2. The molecule has 0 saturated carbocycles. The quantitative estimate of drug-likeness (QED) is 0.636. The Balaban J connectivity index is 2.74. The van der Waals surface area contributed by atoms with Crippen molar-refractivity contribution in [1.82, 2.24) is 4.90 Å². The van der Waals surface area contributed by atoms with E-state index in [9.17, 15) is 14.7 Å². The van der Waals surface area contributed by atoms with Crippen LogP contribution in [0, 0.1) is 11.8 Å². The first kappa shape index (κ1) is 16.7. The summed E-state index contributed by atoms with van der Waals surface area (Å²) < 4.78 is 0. The van der Waals surface area contributed by atoms with Crippen LogP contribution in [-0.2, 0) is 9.59 Å². The van der Waals surface area contributed by atoms with E-state index in [1.165, 1.54) is 0 Å². The largest absolute Gasteiger partial charge is 0.550 e. The van der Waals surface area contributed by atoms with Crippen LogP contribution in [0.4, 0.5) is 0 Å². The molecule has 1 rings (SSSR count). The molecule has 20 heavy (non-hydrogen) atoms. The topological polar surface area (TPSA) is 60.4 Å². The molecule has 0 bridgehead atoms. The zero-order valence-corrected chi connectivity index (χ0v) is 12.6. The highest BCUT2D eigenvalue weighted by molar-refractivity contribution is 5.84. The van der Waals surface area contributed by atoms with Crippen molar-refractivity contribution in [3.63, 3.8) is 0 Å². The zero-order chi connectivity index (χ0) is 15.0. The summed E-state index contributed by atoms with van der Waals surface area (Å²) in [6.07, 6.45) is 8.68. The minimum Gasteiger partial charge on any atom is -0.550 e. The van der Waals surface area contributed by atoms with Gasteiger partial charge in [0.05, 0.1) is 0 Å². The molecule has 114 valence electrons. The summed E-state index contributed by atoms with van der Waals surface area (Å²) in [5.74, 6) is -2.22. The summed E-state index contributed by atoms with van der Waals surface area (Å²) in [4.78, 5) is 25.7. The Morgan fingerprint density at radius 1 is 1.05 bits per heavy atom. The second-order valence-electron chi connectivity index (χ2n) is 5.51. The van der Waals surface area contributed by atoms with Gasteiger partial charge in [-0.25, -0.2) is 0 Å². The van der Waals surface area contributed by atoms with Gasteiger partial charge >= 0.3 is 0 Å². The lowest BCUT2D eigenvalue weighted by atomic mass is 9.82. The van der Waals surface area contributed by atoms with Crippen molar-refractivity contribution in [2.75, 3.05) is 13.1 Å². The maximum absolute atomic E-state index is 12.6. The number of nitrogens with zero attached hydrogens (tertiary/aromatic N) is 1. The molecule has 0 heterocycles. The number of hydrogen-bond donors (Lipinski definition) is 0. The molecule has 0 saturated heterocycles. The van der Waals surface area contributed by atoms with Crippen molar-refractivity contribution in [2.45, 2.75) is 52.4 Å². The Kier molecular flexibility index (Phi) is 7.34. The number of aliphatic carboxylic acids is 1. The van der Waals surface area contributed by atoms with Crippen LogP contribution in [0.5, 0.6) is 0 Å². The lowest BCUT2D eigenvalue weighted by Crippen LogP contribution is -2.46. The van der Waals surface area contributed by atoms with Gasteiger partial charge in [-0.2, -0.15) is 0 Å². The minimum atomic E-state index is -1.10. The van der Waals surface area contributed by atoms with Crippen LogP contribution < -0.4 is 5.11 Å². The van der Waals surface area contributed by atoms with E-state index < -0.39 is 17.8 Å². The van der Waals surface area contributed by atoms with E-state index in [1.807, 2.05) is 17.1 Å². The molecule has 0 unspecified atom stereocenters. The Hall–Kier alpha value is -1.32. The first-order valence-electron chi connectivity index (χ1n) is 7.76. The first-order chi connectivity index (χ1) is 9.61. The molecular formula is C16H26NO3-. The number of carboxylic acids is 1. The van der Waals surface area contributed by atoms with Crippen LogP contribution in [0.1, 0.15) is 52.4 Å². The monoisotopic (exact) mass is 280 g/mol. The molecule has 1 aliphatic rings. The third kappa shape index (κ3) is 4.66. The number of carbonyl (C=O) groups is 2. The van der Waals surface area contributed by atoms with E-state index in [-0.39, 0.29) is 5.91 Å². The standard InChI is InChI=1S/C16H27NO3/c1-3-5-11-17(12-6-4-2)15(18)13-9-7-8-10-14(13)16(19)20/h7-8,13-14H,3-6,9-12H2,1-2H3,(H,19,20)/p-1/t13-,14+/m1/s1. The average Bonchev–Trinajstić information content (AvgIpc) is 2.46. The molecular weight excluding hydrogens is 254 g/mol. The zero-order valence-electron chi connectivity index (χ0n) is 12.6. The van der Waals surface area contributed by atoms with Gasteiger partial charge in [0, 0.05) is 30.9 Å². The molecule has 0 radical (unpaired) electrons. The van der Waals surface area contributed by atoms with Crippen molar-refractivity contribution >= 4 is 11.9 Å². The first-order valence-corrected chi connectivity index (χ1v) is 7.76. The van der Waals surface area contributed by atoms with E-state index in [2.05, 4.69) is 13.8 Å². The Morgan fingerprint density at radius 2 is 1.55 bits per heavy atom. The number of unbranched alkanes of at least 4 members (excludes halogenated alkanes) is 2. The van der Waals surface area contributed by atoms with E-state index in [0.717, 1.165) is 38.8 Å². The second-order valence-corrected chi connectivity index (χ2v) is 5.51. The minimum absolute atomic E-state index is 0.00884. The highest BCUT2D eigenvalue weighted by atomic mass is 16.4. The molecule has 0 aromatic carbocycles. The average molecular weight is 280 g/mol. The molecule has 0 aromatic heterocycles. The maximum atomic E-state index is 12.6. The van der Waals surface area contributed by atoms with Crippen molar-refractivity contribution in [3.8, 4) is 0 Å². The molecule has 1 aliphatic carbocycles. The fraction of sp³-hybridized carbons (Fsp3) is 0.750. The van der Waals surface area contributed by atoms with Crippen molar-refractivity contribution in [2.24, 2.45) is 11.8 Å². The molecule has 4 heteroatoms. The highest BCUT2D eigenvalue weighted by Gasteiger charge is 2.32. The van der Waals surface area contributed by atoms with Crippen LogP contribution in [0.2, 0.25) is 0 Å². The fourth-order valence-electron chi connectivity index (χ4n) is 2.61. The predicted octanol–water partition coefficient (Wildman–Crippen LogP) is 1.75. The SMILES string of the molecule is CCCCN(CCCC)C(=O)[C@@H]1CC=CC[C@@H]1C(=O)[O-]. The van der Waals surface area contributed by atoms with Crippen molar-refractivity contribution < 1.29 is 14.7 Å². The number of carboxylic acid groups (broad SMARTS) is 1. The summed E-state index contributed by atoms with van der Waals surface area (Å²) in [6.45, 7) is 5.65. The summed E-state index contributed by atoms with van der Waals surface area (Å²) >= 11 is 0. The fourth-order valence-corrected chi connectivity index (χ4v) is 2.61. The van der Waals surface area contributed by atoms with Gasteiger partial charge in [0.25, 0.3) is 0 Å². The molecule has 0 aromatic rings. The van der Waals surface area contributed by atoms with Crippen LogP contribution in [0.15, 0.2) is 12.2 Å². The van der Waals surface area contributed by atoms with E-state index in [1.54, 1.807) is 0 Å². The van der Waals surface area contributed by atoms with Crippen molar-refractivity contribution in [1.29, 1.82) is 0 Å². The van der Waals surface area contributed by atoms with Gasteiger partial charge in [0.15, 0.2) is 0 Å². The molecule has 0 spiro atoms. The molecule has 1 amide bonds. The van der Waals surface area contributed by atoms with Crippen LogP contribution in [0.25, 0.3) is 0 Å². The smallest absolute Gasteiger partial charge is 0.226 e. The number of hydrogen-bond acceptors (Lipinski definition) is 3. The lowest BCUT2D eigenvalue weighted by Gasteiger charge is -2.33. The Labute approximate surface area is 121 Å². The van der Waals surface area contributed by atoms with Gasteiger partial charge in [-0.05, 0) is 25.7 Å². The van der Waals surface area contributed by atoms with Gasteiger partial charge in [-0.1, -0.05) is 38.8 Å². The Morgan fingerprint density at radius 3 is 2.00 bits per heavy atom. The summed E-state index contributed by atoms with van der Waals surface area (Å²) in [7, 11) is 0. The number of carbonyl (C=O) groups excluding carboxylic acids is 2. The third-order valence-electron chi connectivity index (χ3n) is 3.93. The third-order valence-corrected chi connectivity index (χ3v) is 3.93. The molecule has 0 fully saturated rings. The van der Waals surface area contributed by atoms with Gasteiger partial charge < -0.3 is 14.8 Å². The number of allylic oxidation sites excluding steroid dienone is 2. The van der Waals surface area contributed by atoms with Crippen LogP contribution in [0.3, 0.4) is 0 Å². The molecule has 2 atom stereocenters. The predicted molar refractivity (Wildman–Crippen MR) is 76.8 cm³/mol. The van der Waals surface area contributed by atoms with Crippen molar-refractivity contribution in [3.05, 3.63) is 12.2 Å². The summed E-state index contributed by atoms with van der Waals surface area (Å²) in [5.41, 5.74) is 0. The number of rotatable bonds is 8. The molecule has 4 nitrogen and oxygen atoms in total. The van der Waals surface area contributed by atoms with Gasteiger partial charge in [-0.3, -0.25) is 4.79 Å². The van der Waals surface area contributed by atoms with Crippen LogP contribution >= 0.6 is 0 Å². The van der Waals surface area contributed by atoms with Gasteiger partial charge in [0.1, 0.15) is 0 Å². The van der Waals surface area contributed by atoms with Gasteiger partial charge in [-0.15, -0.1) is 0 Å². The number of amides is 1. The second kappa shape index (κ2) is 8.77. The molecule has 0 aliphatic heterocycles. The normalized spacial score (nSPS) is 21.7. The van der Waals surface area contributed by atoms with E-state index >= 15 is 0 Å². The lowest BCUT2D eigenvalue weighted by molar-refractivity contribution is -0.313. The maximum Gasteiger partial charge on any atom is 0.226 e. The summed E-state index contributed by atoms with van der Waals surface area (Å²) in [6, 6.07) is 0.